The summed E-state index contributed by atoms with van der Waals surface area (Å²) in [6.07, 6.45) is 10.5. The second-order valence-electron chi connectivity index (χ2n) is 10.8. The zero-order valence-corrected chi connectivity index (χ0v) is 25.0. The van der Waals surface area contributed by atoms with E-state index in [1.807, 2.05) is 59.7 Å². The highest BCUT2D eigenvalue weighted by atomic mass is 127. The molecule has 1 aliphatic carbocycles. The third-order valence-corrected chi connectivity index (χ3v) is 8.23. The molecule has 1 saturated carbocycles. The van der Waals surface area contributed by atoms with Crippen molar-refractivity contribution in [1.82, 2.24) is 29.5 Å². The summed E-state index contributed by atoms with van der Waals surface area (Å²) in [6.45, 7) is 7.82. The van der Waals surface area contributed by atoms with E-state index in [1.165, 1.54) is 0 Å². The maximum absolute atomic E-state index is 14.4. The molecule has 0 aromatic carbocycles. The maximum atomic E-state index is 14.4. The van der Waals surface area contributed by atoms with E-state index in [-0.39, 0.29) is 24.1 Å². The minimum atomic E-state index is -0.569. The van der Waals surface area contributed by atoms with Crippen molar-refractivity contribution in [2.45, 2.75) is 77.0 Å². The lowest BCUT2D eigenvalue weighted by molar-refractivity contribution is -0.139. The quantitative estimate of drug-likeness (QED) is 0.245. The first-order chi connectivity index (χ1) is 19.3. The molecule has 212 valence electrons. The molecule has 0 amide bonds. The number of pyridine rings is 2. The number of aromatic nitrogens is 6. The van der Waals surface area contributed by atoms with E-state index in [1.54, 1.807) is 12.3 Å². The van der Waals surface area contributed by atoms with Crippen LogP contribution in [0.1, 0.15) is 52.5 Å². The molecule has 2 aliphatic rings. The van der Waals surface area contributed by atoms with Gasteiger partial charge >= 0.3 is 0 Å². The standard InChI is InChI=1S/C28H33FIN7O3/c1-4-31-24-11-23-21(13-33-24)26(17-12-34-36(14-17)15-20-16-38-28(2,3)40-20)35-37(23)18-5-7-19(8-6-18)39-27-25(29)22(30)9-10-32-27/h9-14,18-20H,4-8,15-16H2,1-3H3,(H,31,33)/t18?,19?,20-/m1/s1. The van der Waals surface area contributed by atoms with E-state index in [9.17, 15) is 4.39 Å². The highest BCUT2D eigenvalue weighted by Gasteiger charge is 2.33. The predicted octanol–water partition coefficient (Wildman–Crippen LogP) is 5.58. The largest absolute Gasteiger partial charge is 0.472 e. The Balaban J connectivity index is 1.23. The van der Waals surface area contributed by atoms with Crippen LogP contribution in [-0.2, 0) is 16.0 Å². The first kappa shape index (κ1) is 27.3. The Morgan fingerprint density at radius 1 is 1.20 bits per heavy atom. The van der Waals surface area contributed by atoms with Crippen molar-refractivity contribution in [1.29, 1.82) is 0 Å². The van der Waals surface area contributed by atoms with Crippen molar-refractivity contribution >= 4 is 39.3 Å². The molecule has 4 aromatic rings. The summed E-state index contributed by atoms with van der Waals surface area (Å²) in [7, 11) is 0. The van der Waals surface area contributed by atoms with Crippen molar-refractivity contribution in [3.63, 3.8) is 0 Å². The van der Waals surface area contributed by atoms with Gasteiger partial charge in [0.2, 0.25) is 0 Å². The van der Waals surface area contributed by atoms with Crippen LogP contribution in [0.25, 0.3) is 22.2 Å². The normalized spacial score (nSPS) is 22.6. The van der Waals surface area contributed by atoms with Crippen LogP contribution in [-0.4, -0.2) is 60.7 Å². The molecule has 1 N–H and O–H groups in total. The number of fused-ring (bicyclic) bond motifs is 1. The van der Waals surface area contributed by atoms with E-state index in [2.05, 4.69) is 38.1 Å². The summed E-state index contributed by atoms with van der Waals surface area (Å²) in [5, 5.41) is 14.0. The average molecular weight is 662 g/mol. The fourth-order valence-electron chi connectivity index (χ4n) is 5.50. The summed E-state index contributed by atoms with van der Waals surface area (Å²) < 4.78 is 36.6. The van der Waals surface area contributed by atoms with Crippen LogP contribution in [0.5, 0.6) is 5.88 Å². The van der Waals surface area contributed by atoms with Gasteiger partial charge in [-0.2, -0.15) is 14.6 Å². The Morgan fingerprint density at radius 2 is 2.02 bits per heavy atom. The third kappa shape index (κ3) is 5.66. The number of rotatable bonds is 8. The molecule has 1 atom stereocenters. The monoisotopic (exact) mass is 661 g/mol. The van der Waals surface area contributed by atoms with Crippen LogP contribution in [0.2, 0.25) is 0 Å². The van der Waals surface area contributed by atoms with Gasteiger partial charge in [0.15, 0.2) is 11.6 Å². The van der Waals surface area contributed by atoms with Crippen LogP contribution >= 0.6 is 22.6 Å². The topological polar surface area (TPSA) is 101 Å². The summed E-state index contributed by atoms with van der Waals surface area (Å²) in [6, 6.07) is 3.89. The second-order valence-corrected chi connectivity index (χ2v) is 11.9. The number of hydrogen-bond donors (Lipinski definition) is 1. The molecule has 0 radical (unpaired) electrons. The molecule has 4 aromatic heterocycles. The minimum absolute atomic E-state index is 0.0539. The molecule has 1 aliphatic heterocycles. The Hall–Kier alpha value is -2.84. The van der Waals surface area contributed by atoms with E-state index < -0.39 is 11.6 Å². The van der Waals surface area contributed by atoms with Gasteiger partial charge in [0.1, 0.15) is 23.7 Å². The molecule has 12 heteroatoms. The fraction of sp³-hybridized carbons (Fsp3) is 0.500. The van der Waals surface area contributed by atoms with E-state index in [0.717, 1.165) is 60.2 Å². The number of nitrogens with zero attached hydrogens (tertiary/aromatic N) is 6. The maximum Gasteiger partial charge on any atom is 0.251 e. The van der Waals surface area contributed by atoms with Crippen LogP contribution in [0.3, 0.4) is 0 Å². The molecular formula is C28H33FIN7O3. The lowest BCUT2D eigenvalue weighted by Gasteiger charge is -2.29. The number of halogens is 2. The molecule has 10 nitrogen and oxygen atoms in total. The first-order valence-electron chi connectivity index (χ1n) is 13.7. The predicted molar refractivity (Wildman–Crippen MR) is 157 cm³/mol. The van der Waals surface area contributed by atoms with Crippen LogP contribution in [0, 0.1) is 9.39 Å². The molecule has 1 saturated heterocycles. The van der Waals surface area contributed by atoms with Gasteiger partial charge in [0.05, 0.1) is 34.5 Å². The van der Waals surface area contributed by atoms with Gasteiger partial charge < -0.3 is 19.5 Å². The van der Waals surface area contributed by atoms with Crippen molar-refractivity contribution in [2.75, 3.05) is 18.5 Å². The zero-order valence-electron chi connectivity index (χ0n) is 22.8. The highest BCUT2D eigenvalue weighted by molar-refractivity contribution is 14.1. The lowest BCUT2D eigenvalue weighted by atomic mass is 9.93. The van der Waals surface area contributed by atoms with Crippen LogP contribution in [0.4, 0.5) is 10.2 Å². The molecule has 6 rings (SSSR count). The summed E-state index contributed by atoms with van der Waals surface area (Å²) in [5.41, 5.74) is 2.80. The zero-order chi connectivity index (χ0) is 27.9. The molecule has 0 spiro atoms. The molecular weight excluding hydrogens is 628 g/mol. The van der Waals surface area contributed by atoms with Crippen molar-refractivity contribution in [3.8, 4) is 17.1 Å². The molecule has 0 bridgehead atoms. The van der Waals surface area contributed by atoms with Gasteiger partial charge in [0, 0.05) is 42.2 Å². The Morgan fingerprint density at radius 3 is 2.77 bits per heavy atom. The summed E-state index contributed by atoms with van der Waals surface area (Å²) in [5.74, 6) is -0.0667. The van der Waals surface area contributed by atoms with Gasteiger partial charge in [-0.1, -0.05) is 0 Å². The van der Waals surface area contributed by atoms with Crippen molar-refractivity contribution < 1.29 is 18.6 Å². The van der Waals surface area contributed by atoms with Gasteiger partial charge in [-0.05, 0) is 75.1 Å². The average Bonchev–Trinajstić information content (AvgIpc) is 3.64. The Bertz CT molecular complexity index is 1500. The van der Waals surface area contributed by atoms with Crippen LogP contribution in [0.15, 0.2) is 36.9 Å². The van der Waals surface area contributed by atoms with Crippen molar-refractivity contribution in [3.05, 3.63) is 46.3 Å². The number of anilines is 1. The van der Waals surface area contributed by atoms with Crippen molar-refractivity contribution in [2.24, 2.45) is 0 Å². The minimum Gasteiger partial charge on any atom is -0.472 e. The summed E-state index contributed by atoms with van der Waals surface area (Å²) >= 11 is 1.96. The smallest absolute Gasteiger partial charge is 0.251 e. The van der Waals surface area contributed by atoms with Gasteiger partial charge in [-0.25, -0.2) is 9.97 Å². The van der Waals surface area contributed by atoms with E-state index in [0.29, 0.717) is 16.7 Å². The Labute approximate surface area is 245 Å². The van der Waals surface area contributed by atoms with E-state index >= 15 is 0 Å². The first-order valence-corrected chi connectivity index (χ1v) is 14.8. The molecule has 2 fully saturated rings. The van der Waals surface area contributed by atoms with E-state index in [4.69, 9.17) is 19.3 Å². The lowest BCUT2D eigenvalue weighted by Crippen LogP contribution is -2.27. The Kier molecular flexibility index (Phi) is 7.66. The number of hydrogen-bond acceptors (Lipinski definition) is 8. The second kappa shape index (κ2) is 11.2. The molecule has 0 unspecified atom stereocenters. The van der Waals surface area contributed by atoms with Gasteiger partial charge in [-0.15, -0.1) is 0 Å². The molecule has 40 heavy (non-hydrogen) atoms. The van der Waals surface area contributed by atoms with Gasteiger partial charge in [0.25, 0.3) is 5.88 Å². The third-order valence-electron chi connectivity index (χ3n) is 7.39. The SMILES string of the molecule is CCNc1cc2c(cn1)c(-c1cnn(C[C@@H]3COC(C)(C)O3)c1)nn2C1CCC(Oc2nccc(I)c2F)CC1. The van der Waals surface area contributed by atoms with Gasteiger partial charge in [-0.3, -0.25) is 9.36 Å². The molecule has 5 heterocycles. The summed E-state index contributed by atoms with van der Waals surface area (Å²) in [4.78, 5) is 8.73. The van der Waals surface area contributed by atoms with Crippen LogP contribution < -0.4 is 10.1 Å². The fourth-order valence-corrected chi connectivity index (χ4v) is 5.89. The highest BCUT2D eigenvalue weighted by Crippen LogP contribution is 2.37. The number of ether oxygens (including phenoxy) is 3. The number of nitrogens with one attached hydrogen (secondary N) is 1.